The Morgan fingerprint density at radius 3 is 2.38 bits per heavy atom. The van der Waals surface area contributed by atoms with E-state index < -0.39 is 11.7 Å². The fourth-order valence-corrected chi connectivity index (χ4v) is 3.79. The Balaban J connectivity index is 1.67. The number of pyridine rings is 1. The van der Waals surface area contributed by atoms with E-state index in [9.17, 15) is 9.59 Å². The van der Waals surface area contributed by atoms with Crippen molar-refractivity contribution in [1.82, 2.24) is 19.7 Å². The van der Waals surface area contributed by atoms with E-state index in [1.165, 1.54) is 0 Å². The molecule has 2 aromatic heterocycles. The summed E-state index contributed by atoms with van der Waals surface area (Å²) in [5.74, 6) is -0.985. The summed E-state index contributed by atoms with van der Waals surface area (Å²) in [6, 6.07) is 15.1. The lowest BCUT2D eigenvalue weighted by atomic mass is 10.1. The van der Waals surface area contributed by atoms with E-state index in [4.69, 9.17) is 0 Å². The molecule has 1 amide bonds. The van der Waals surface area contributed by atoms with Gasteiger partial charge in [-0.05, 0) is 57.9 Å². The summed E-state index contributed by atoms with van der Waals surface area (Å²) >= 11 is 0. The molecule has 4 rings (SSSR count). The van der Waals surface area contributed by atoms with Gasteiger partial charge >= 0.3 is 0 Å². The van der Waals surface area contributed by atoms with Crippen LogP contribution in [0, 0.1) is 13.8 Å². The highest BCUT2D eigenvalue weighted by Crippen LogP contribution is 2.34. The van der Waals surface area contributed by atoms with Gasteiger partial charge < -0.3 is 4.90 Å². The average Bonchev–Trinajstić information content (AvgIpc) is 3.53. The lowest BCUT2D eigenvalue weighted by Crippen LogP contribution is -2.40. The van der Waals surface area contributed by atoms with Gasteiger partial charge in [-0.1, -0.05) is 24.3 Å². The number of hydrogen-bond acceptors (Lipinski definition) is 4. The summed E-state index contributed by atoms with van der Waals surface area (Å²) in [7, 11) is 0. The molecule has 6 nitrogen and oxygen atoms in total. The number of aromatic nitrogens is 3. The van der Waals surface area contributed by atoms with Crippen molar-refractivity contribution in [3.63, 3.8) is 0 Å². The third kappa shape index (κ3) is 3.58. The lowest BCUT2D eigenvalue weighted by Gasteiger charge is -2.28. The molecule has 1 unspecified atom stereocenters. The maximum atomic E-state index is 13.3. The number of amides is 1. The van der Waals surface area contributed by atoms with E-state index in [-0.39, 0.29) is 12.1 Å². The van der Waals surface area contributed by atoms with Gasteiger partial charge in [-0.2, -0.15) is 5.10 Å². The Morgan fingerprint density at radius 1 is 1.07 bits per heavy atom. The average molecular weight is 388 g/mol. The van der Waals surface area contributed by atoms with E-state index >= 15 is 0 Å². The first-order valence-electron chi connectivity index (χ1n) is 9.88. The first kappa shape index (κ1) is 19.1. The summed E-state index contributed by atoms with van der Waals surface area (Å²) in [6.07, 6.45) is 3.54. The van der Waals surface area contributed by atoms with E-state index in [1.54, 1.807) is 22.7 Å². The second-order valence-electron chi connectivity index (χ2n) is 7.50. The van der Waals surface area contributed by atoms with Crippen LogP contribution in [0.2, 0.25) is 0 Å². The highest BCUT2D eigenvalue weighted by Gasteiger charge is 2.40. The first-order valence-corrected chi connectivity index (χ1v) is 9.88. The normalized spacial score (nSPS) is 14.4. The van der Waals surface area contributed by atoms with E-state index in [0.717, 1.165) is 24.2 Å². The van der Waals surface area contributed by atoms with Crippen molar-refractivity contribution in [3.8, 4) is 5.69 Å². The van der Waals surface area contributed by atoms with Crippen molar-refractivity contribution < 1.29 is 9.59 Å². The van der Waals surface area contributed by atoms with Crippen LogP contribution >= 0.6 is 0 Å². The zero-order chi connectivity index (χ0) is 20.5. The van der Waals surface area contributed by atoms with Gasteiger partial charge in [0.15, 0.2) is 0 Å². The molecule has 1 aromatic carbocycles. The Labute approximate surface area is 170 Å². The number of benzene rings is 1. The van der Waals surface area contributed by atoms with Crippen LogP contribution in [-0.4, -0.2) is 37.4 Å². The molecule has 1 atom stereocenters. The van der Waals surface area contributed by atoms with Crippen molar-refractivity contribution in [2.75, 3.05) is 0 Å². The van der Waals surface area contributed by atoms with E-state index in [0.29, 0.717) is 17.0 Å². The fraction of sp³-hybridized carbons (Fsp3) is 0.304. The number of hydrogen-bond donors (Lipinski definition) is 0. The van der Waals surface area contributed by atoms with Gasteiger partial charge in [0.05, 0.1) is 34.4 Å². The summed E-state index contributed by atoms with van der Waals surface area (Å²) in [6.45, 7) is 5.53. The molecule has 1 fully saturated rings. The molecule has 0 bridgehead atoms. The van der Waals surface area contributed by atoms with Crippen LogP contribution in [0.3, 0.4) is 0 Å². The van der Waals surface area contributed by atoms with Gasteiger partial charge in [-0.25, -0.2) is 4.68 Å². The standard InChI is InChI=1S/C23H24N4O2/c1-15-21(17(3)27(25-15)19-9-5-4-6-10-19)22(28)23(29)26(18-12-13-18)16(2)20-11-7-8-14-24-20/h4-11,14,16,18H,12-13H2,1-3H3. The van der Waals surface area contributed by atoms with Crippen molar-refractivity contribution >= 4 is 11.7 Å². The lowest BCUT2D eigenvalue weighted by molar-refractivity contribution is -0.129. The molecule has 0 radical (unpaired) electrons. The minimum Gasteiger partial charge on any atom is -0.324 e. The Bertz CT molecular complexity index is 1040. The van der Waals surface area contributed by atoms with Crippen molar-refractivity contribution in [1.29, 1.82) is 0 Å². The second kappa shape index (κ2) is 7.62. The highest BCUT2D eigenvalue weighted by atomic mass is 16.2. The van der Waals surface area contributed by atoms with Crippen molar-refractivity contribution in [2.24, 2.45) is 0 Å². The van der Waals surface area contributed by atoms with Crippen LogP contribution in [0.4, 0.5) is 0 Å². The summed E-state index contributed by atoms with van der Waals surface area (Å²) < 4.78 is 1.72. The minimum atomic E-state index is -0.503. The number of rotatable bonds is 6. The minimum absolute atomic E-state index is 0.0910. The van der Waals surface area contributed by atoms with Crippen LogP contribution in [0.25, 0.3) is 5.69 Å². The van der Waals surface area contributed by atoms with Gasteiger partial charge in [-0.3, -0.25) is 14.6 Å². The molecule has 29 heavy (non-hydrogen) atoms. The van der Waals surface area contributed by atoms with Gasteiger partial charge in [0.1, 0.15) is 0 Å². The molecule has 3 aromatic rings. The van der Waals surface area contributed by atoms with Crippen molar-refractivity contribution in [3.05, 3.63) is 77.4 Å². The maximum Gasteiger partial charge on any atom is 0.295 e. The van der Waals surface area contributed by atoms with E-state index in [2.05, 4.69) is 10.1 Å². The van der Waals surface area contributed by atoms with Crippen LogP contribution in [0.1, 0.15) is 53.2 Å². The van der Waals surface area contributed by atoms with Gasteiger partial charge in [0, 0.05) is 12.2 Å². The Kier molecular flexibility index (Phi) is 5.01. The number of aryl methyl sites for hydroxylation is 1. The number of carbonyl (C=O) groups is 2. The van der Waals surface area contributed by atoms with Crippen LogP contribution in [0.5, 0.6) is 0 Å². The molecule has 0 spiro atoms. The quantitative estimate of drug-likeness (QED) is 0.476. The number of Topliss-reactive ketones (excluding diaryl/α,β-unsaturated/α-hetero) is 1. The van der Waals surface area contributed by atoms with Crippen LogP contribution in [-0.2, 0) is 4.79 Å². The second-order valence-corrected chi connectivity index (χ2v) is 7.50. The zero-order valence-electron chi connectivity index (χ0n) is 16.9. The smallest absolute Gasteiger partial charge is 0.295 e. The largest absolute Gasteiger partial charge is 0.324 e. The summed E-state index contributed by atoms with van der Waals surface area (Å²) in [4.78, 5) is 32.7. The fourth-order valence-electron chi connectivity index (χ4n) is 3.79. The predicted molar refractivity (Wildman–Crippen MR) is 110 cm³/mol. The topological polar surface area (TPSA) is 68.1 Å². The molecule has 1 aliphatic carbocycles. The third-order valence-corrected chi connectivity index (χ3v) is 5.42. The number of ketones is 1. The number of nitrogens with zero attached hydrogens (tertiary/aromatic N) is 4. The molecule has 2 heterocycles. The van der Waals surface area contributed by atoms with E-state index in [1.807, 2.05) is 62.4 Å². The molecule has 1 saturated carbocycles. The van der Waals surface area contributed by atoms with Crippen LogP contribution in [0.15, 0.2) is 54.7 Å². The SMILES string of the molecule is Cc1nn(-c2ccccc2)c(C)c1C(=O)C(=O)N(C1CC1)C(C)c1ccccn1. The summed E-state index contributed by atoms with van der Waals surface area (Å²) in [5, 5.41) is 4.52. The van der Waals surface area contributed by atoms with Gasteiger partial charge in [0.25, 0.3) is 11.7 Å². The molecule has 0 aliphatic heterocycles. The van der Waals surface area contributed by atoms with Crippen molar-refractivity contribution in [2.45, 2.75) is 45.7 Å². The number of para-hydroxylation sites is 1. The zero-order valence-corrected chi connectivity index (χ0v) is 16.9. The molecule has 0 saturated heterocycles. The Morgan fingerprint density at radius 2 is 1.76 bits per heavy atom. The van der Waals surface area contributed by atoms with Gasteiger partial charge in [-0.15, -0.1) is 0 Å². The molecule has 148 valence electrons. The molecular formula is C23H24N4O2. The first-order chi connectivity index (χ1) is 14.0. The highest BCUT2D eigenvalue weighted by molar-refractivity contribution is 6.43. The predicted octanol–water partition coefficient (Wildman–Crippen LogP) is 3.82. The monoisotopic (exact) mass is 388 g/mol. The Hall–Kier alpha value is -3.28. The van der Waals surface area contributed by atoms with Crippen LogP contribution < -0.4 is 0 Å². The number of carbonyl (C=O) groups excluding carboxylic acids is 2. The summed E-state index contributed by atoms with van der Waals surface area (Å²) in [5.41, 5.74) is 3.27. The third-order valence-electron chi connectivity index (χ3n) is 5.42. The van der Waals surface area contributed by atoms with Gasteiger partial charge in [0.2, 0.25) is 0 Å². The molecule has 0 N–H and O–H groups in total. The molecule has 6 heteroatoms. The molecule has 1 aliphatic rings. The maximum absolute atomic E-state index is 13.3. The molecular weight excluding hydrogens is 364 g/mol.